The van der Waals surface area contributed by atoms with E-state index in [-0.39, 0.29) is 6.61 Å². The van der Waals surface area contributed by atoms with Crippen LogP contribution < -0.4 is 5.32 Å². The summed E-state index contributed by atoms with van der Waals surface area (Å²) in [5.41, 5.74) is 0. The quantitative estimate of drug-likeness (QED) is 0.189. The third kappa shape index (κ3) is 11.0. The van der Waals surface area contributed by atoms with Gasteiger partial charge in [-0.25, -0.2) is 0 Å². The first-order valence-corrected chi connectivity index (χ1v) is 11.3. The Hall–Kier alpha value is -0.320. The van der Waals surface area contributed by atoms with Gasteiger partial charge in [0.2, 0.25) is 0 Å². The molecule has 0 aromatic carbocycles. The van der Waals surface area contributed by atoms with Crippen LogP contribution in [0, 0.1) is 0 Å². The lowest BCUT2D eigenvalue weighted by atomic mass is 9.99. The lowest BCUT2D eigenvalue weighted by molar-refractivity contribution is -0.304. The molecule has 0 aromatic rings. The normalized spacial score (nSPS) is 28.6. The van der Waals surface area contributed by atoms with E-state index in [4.69, 9.17) is 14.6 Å². The Balaban J connectivity index is 1.99. The van der Waals surface area contributed by atoms with Crippen LogP contribution in [0.25, 0.3) is 0 Å². The van der Waals surface area contributed by atoms with Gasteiger partial charge < -0.3 is 40.3 Å². The highest BCUT2D eigenvalue weighted by molar-refractivity contribution is 4.88. The second kappa shape index (κ2) is 16.4. The number of hydrogen-bond donors (Lipinski definition) is 6. The maximum Gasteiger partial charge on any atom is 0.186 e. The van der Waals surface area contributed by atoms with Crippen molar-refractivity contribution in [1.82, 2.24) is 5.32 Å². The van der Waals surface area contributed by atoms with Gasteiger partial charge >= 0.3 is 0 Å². The second-order valence-corrected chi connectivity index (χ2v) is 8.07. The zero-order chi connectivity index (χ0) is 21.5. The maximum absolute atomic E-state index is 9.98. The minimum atomic E-state index is -1.47. The van der Waals surface area contributed by atoms with Crippen LogP contribution in [-0.4, -0.2) is 88.6 Å². The number of rotatable bonds is 17. The van der Waals surface area contributed by atoms with Gasteiger partial charge in [0.15, 0.2) is 6.29 Å². The Morgan fingerprint density at radius 2 is 1.45 bits per heavy atom. The van der Waals surface area contributed by atoms with Gasteiger partial charge in [-0.05, 0) is 13.0 Å². The summed E-state index contributed by atoms with van der Waals surface area (Å²) in [4.78, 5) is 0. The number of unbranched alkanes of at least 4 members (excludes halogenated alkanes) is 9. The first-order chi connectivity index (χ1) is 14.0. The van der Waals surface area contributed by atoms with Crippen molar-refractivity contribution in [2.75, 3.05) is 26.3 Å². The van der Waals surface area contributed by atoms with Gasteiger partial charge in [-0.3, -0.25) is 0 Å². The monoisotopic (exact) mass is 421 g/mol. The van der Waals surface area contributed by atoms with Gasteiger partial charge in [0.05, 0.1) is 19.3 Å². The third-order valence-corrected chi connectivity index (χ3v) is 5.39. The molecular formula is C21H43NO7. The smallest absolute Gasteiger partial charge is 0.186 e. The molecule has 6 N–H and O–H groups in total. The van der Waals surface area contributed by atoms with E-state index in [1.54, 1.807) is 0 Å². The zero-order valence-electron chi connectivity index (χ0n) is 17.9. The SMILES string of the molecule is CCCCCCCCCCCCNCC(O)CO[C@@H]1O[C@H](CO)[C@H](O)[C@H](O)[C@H]1O. The van der Waals surface area contributed by atoms with Crippen molar-refractivity contribution < 1.29 is 35.0 Å². The molecule has 174 valence electrons. The molecule has 0 spiro atoms. The molecule has 8 nitrogen and oxygen atoms in total. The van der Waals surface area contributed by atoms with Crippen molar-refractivity contribution in [3.8, 4) is 0 Å². The van der Waals surface area contributed by atoms with E-state index in [0.717, 1.165) is 13.0 Å². The Bertz CT molecular complexity index is 386. The Labute approximate surface area is 175 Å². The molecule has 1 fully saturated rings. The summed E-state index contributed by atoms with van der Waals surface area (Å²) in [5, 5.41) is 51.6. The van der Waals surface area contributed by atoms with Crippen molar-refractivity contribution in [3.05, 3.63) is 0 Å². The van der Waals surface area contributed by atoms with E-state index in [1.807, 2.05) is 0 Å². The molecule has 0 aliphatic carbocycles. The first-order valence-electron chi connectivity index (χ1n) is 11.3. The summed E-state index contributed by atoms with van der Waals surface area (Å²) in [7, 11) is 0. The van der Waals surface area contributed by atoms with Gasteiger partial charge in [0.1, 0.15) is 24.4 Å². The zero-order valence-corrected chi connectivity index (χ0v) is 17.9. The van der Waals surface area contributed by atoms with Crippen LogP contribution in [0.1, 0.15) is 71.1 Å². The van der Waals surface area contributed by atoms with Gasteiger partial charge in [-0.15, -0.1) is 0 Å². The van der Waals surface area contributed by atoms with Crippen molar-refractivity contribution in [2.45, 2.75) is 108 Å². The molecule has 1 aliphatic rings. The minimum Gasteiger partial charge on any atom is -0.394 e. The van der Waals surface area contributed by atoms with Crippen LogP contribution >= 0.6 is 0 Å². The summed E-state index contributed by atoms with van der Waals surface area (Å²) in [6, 6.07) is 0. The van der Waals surface area contributed by atoms with Crippen LogP contribution in [0.2, 0.25) is 0 Å². The van der Waals surface area contributed by atoms with E-state index < -0.39 is 43.4 Å². The summed E-state index contributed by atoms with van der Waals surface area (Å²) in [5.74, 6) is 0. The molecular weight excluding hydrogens is 378 g/mol. The van der Waals surface area contributed by atoms with Crippen molar-refractivity contribution in [2.24, 2.45) is 0 Å². The van der Waals surface area contributed by atoms with Crippen LogP contribution in [-0.2, 0) is 9.47 Å². The maximum atomic E-state index is 9.98. The molecule has 1 heterocycles. The molecule has 0 saturated carbocycles. The van der Waals surface area contributed by atoms with Gasteiger partial charge in [-0.1, -0.05) is 64.7 Å². The molecule has 1 aliphatic heterocycles. The first kappa shape index (κ1) is 26.7. The fourth-order valence-corrected chi connectivity index (χ4v) is 3.48. The van der Waals surface area contributed by atoms with Crippen molar-refractivity contribution >= 4 is 0 Å². The number of aliphatic hydroxyl groups is 5. The average Bonchev–Trinajstić information content (AvgIpc) is 2.72. The standard InChI is InChI=1S/C21H43NO7/c1-2-3-4-5-6-7-8-9-10-11-12-22-13-16(24)15-28-21-20(27)19(26)18(25)17(14-23)29-21/h16-27H,2-15H2,1H3/t16?,17-,18+,19+,20-,21-/m1/s1. The minimum absolute atomic E-state index is 0.0896. The number of hydrogen-bond acceptors (Lipinski definition) is 8. The highest BCUT2D eigenvalue weighted by atomic mass is 16.7. The topological polar surface area (TPSA) is 132 Å². The summed E-state index contributed by atoms with van der Waals surface area (Å²) < 4.78 is 10.6. The van der Waals surface area contributed by atoms with Gasteiger partial charge in [0, 0.05) is 6.54 Å². The van der Waals surface area contributed by atoms with Gasteiger partial charge in [-0.2, -0.15) is 0 Å². The van der Waals surface area contributed by atoms with Crippen LogP contribution in [0.3, 0.4) is 0 Å². The number of aliphatic hydroxyl groups excluding tert-OH is 5. The van der Waals surface area contributed by atoms with Crippen LogP contribution in [0.15, 0.2) is 0 Å². The lowest BCUT2D eigenvalue weighted by Gasteiger charge is -2.39. The molecule has 1 saturated heterocycles. The Morgan fingerprint density at radius 1 is 0.862 bits per heavy atom. The Kier molecular flexibility index (Phi) is 15.1. The van der Waals surface area contributed by atoms with Crippen LogP contribution in [0.5, 0.6) is 0 Å². The highest BCUT2D eigenvalue weighted by Gasteiger charge is 2.44. The fraction of sp³-hybridized carbons (Fsp3) is 1.00. The van der Waals surface area contributed by atoms with E-state index in [0.29, 0.717) is 6.54 Å². The summed E-state index contributed by atoms with van der Waals surface area (Å²) in [6.45, 7) is 2.82. The third-order valence-electron chi connectivity index (χ3n) is 5.39. The molecule has 0 radical (unpaired) electrons. The highest BCUT2D eigenvalue weighted by Crippen LogP contribution is 2.22. The fourth-order valence-electron chi connectivity index (χ4n) is 3.48. The lowest BCUT2D eigenvalue weighted by Crippen LogP contribution is -2.59. The average molecular weight is 422 g/mol. The summed E-state index contributed by atoms with van der Waals surface area (Å²) >= 11 is 0. The molecule has 0 amide bonds. The molecule has 0 bridgehead atoms. The predicted molar refractivity (Wildman–Crippen MR) is 110 cm³/mol. The van der Waals surface area contributed by atoms with E-state index in [2.05, 4.69) is 12.2 Å². The number of nitrogens with one attached hydrogen (secondary N) is 1. The van der Waals surface area contributed by atoms with Crippen molar-refractivity contribution in [1.29, 1.82) is 0 Å². The molecule has 1 rings (SSSR count). The van der Waals surface area contributed by atoms with E-state index >= 15 is 0 Å². The predicted octanol–water partition coefficient (Wildman–Crippen LogP) is 0.674. The van der Waals surface area contributed by atoms with Crippen LogP contribution in [0.4, 0.5) is 0 Å². The van der Waals surface area contributed by atoms with Gasteiger partial charge in [0.25, 0.3) is 0 Å². The molecule has 8 heteroatoms. The molecule has 1 unspecified atom stereocenters. The van der Waals surface area contributed by atoms with E-state index in [9.17, 15) is 20.4 Å². The summed E-state index contributed by atoms with van der Waals surface area (Å²) in [6.07, 6.45) is 5.49. The Morgan fingerprint density at radius 3 is 2.03 bits per heavy atom. The van der Waals surface area contributed by atoms with E-state index in [1.165, 1.54) is 57.8 Å². The molecule has 6 atom stereocenters. The second-order valence-electron chi connectivity index (χ2n) is 8.07. The largest absolute Gasteiger partial charge is 0.394 e. The molecule has 0 aromatic heterocycles. The van der Waals surface area contributed by atoms with Crippen molar-refractivity contribution in [3.63, 3.8) is 0 Å². The number of ether oxygens (including phenoxy) is 2. The molecule has 29 heavy (non-hydrogen) atoms.